The molecule has 3 atom stereocenters. The topological polar surface area (TPSA) is 67.2 Å². The Labute approximate surface area is 139 Å². The van der Waals surface area contributed by atoms with Crippen molar-refractivity contribution in [1.29, 1.82) is 5.26 Å². The lowest BCUT2D eigenvalue weighted by Crippen LogP contribution is -2.28. The van der Waals surface area contributed by atoms with Gasteiger partial charge < -0.3 is 4.74 Å². The fourth-order valence-corrected chi connectivity index (χ4v) is 4.56. The third kappa shape index (κ3) is 5.06. The van der Waals surface area contributed by atoms with Crippen LogP contribution in [0.2, 0.25) is 0 Å². The molecule has 23 heavy (non-hydrogen) atoms. The second-order valence-corrected chi connectivity index (χ2v) is 7.17. The fourth-order valence-electron chi connectivity index (χ4n) is 4.56. The van der Waals surface area contributed by atoms with Gasteiger partial charge in [-0.1, -0.05) is 32.1 Å². The molecule has 2 rings (SSSR count). The molecule has 1 unspecified atom stereocenters. The third-order valence-corrected chi connectivity index (χ3v) is 5.66. The van der Waals surface area contributed by atoms with Crippen molar-refractivity contribution in [3.8, 4) is 6.07 Å². The first-order chi connectivity index (χ1) is 11.2. The van der Waals surface area contributed by atoms with Crippen molar-refractivity contribution in [2.24, 2.45) is 23.7 Å². The number of hydrogen-bond donors (Lipinski definition) is 0. The molecule has 0 spiro atoms. The molecule has 4 nitrogen and oxygen atoms in total. The first-order valence-electron chi connectivity index (χ1n) is 9.21. The summed E-state index contributed by atoms with van der Waals surface area (Å²) < 4.78 is 5.31. The maximum absolute atomic E-state index is 12.4. The number of nitriles is 1. The molecule has 0 aliphatic heterocycles. The Morgan fingerprint density at radius 2 is 1.91 bits per heavy atom. The zero-order chi connectivity index (χ0) is 16.7. The van der Waals surface area contributed by atoms with Gasteiger partial charge in [-0.2, -0.15) is 5.26 Å². The van der Waals surface area contributed by atoms with E-state index in [1.54, 1.807) is 0 Å². The van der Waals surface area contributed by atoms with E-state index < -0.39 is 0 Å². The molecule has 2 aliphatic rings. The van der Waals surface area contributed by atoms with Crippen molar-refractivity contribution in [3.63, 3.8) is 0 Å². The third-order valence-electron chi connectivity index (χ3n) is 5.66. The number of esters is 1. The smallest absolute Gasteiger partial charge is 0.309 e. The van der Waals surface area contributed by atoms with Crippen molar-refractivity contribution in [2.75, 3.05) is 6.61 Å². The summed E-state index contributed by atoms with van der Waals surface area (Å²) >= 11 is 0. The van der Waals surface area contributed by atoms with Crippen LogP contribution in [0.4, 0.5) is 0 Å². The zero-order valence-electron chi connectivity index (χ0n) is 14.3. The minimum absolute atomic E-state index is 0.0140. The van der Waals surface area contributed by atoms with E-state index in [-0.39, 0.29) is 24.1 Å². The highest BCUT2D eigenvalue weighted by atomic mass is 16.5. The van der Waals surface area contributed by atoms with Gasteiger partial charge in [0.2, 0.25) is 0 Å². The molecule has 0 aromatic heterocycles. The number of rotatable bonds is 7. The standard InChI is InChI=1S/C19H29NO3/c1-2-23-19(22)18-13-14(8-9-16(21)10-11-20)12-17(18)15-6-4-3-5-7-15/h14-15,17-18H,2-10,12-13H2,1H3/t14?,17-,18+/m0/s1. The number of carbonyl (C=O) groups is 2. The summed E-state index contributed by atoms with van der Waals surface area (Å²) in [4.78, 5) is 23.9. The van der Waals surface area contributed by atoms with Crippen LogP contribution in [0.5, 0.6) is 0 Å². The molecule has 0 aromatic rings. The average Bonchev–Trinajstić information content (AvgIpc) is 2.99. The molecule has 2 saturated carbocycles. The predicted molar refractivity (Wildman–Crippen MR) is 87.4 cm³/mol. The second kappa shape index (κ2) is 9.05. The van der Waals surface area contributed by atoms with Gasteiger partial charge in [-0.25, -0.2) is 0 Å². The van der Waals surface area contributed by atoms with Crippen LogP contribution in [0, 0.1) is 35.0 Å². The van der Waals surface area contributed by atoms with E-state index in [0.717, 1.165) is 19.3 Å². The number of Topliss-reactive ketones (excluding diaryl/α,β-unsaturated/α-hetero) is 1. The Kier molecular flexibility index (Phi) is 7.08. The van der Waals surface area contributed by atoms with E-state index in [1.165, 1.54) is 32.1 Å². The van der Waals surface area contributed by atoms with E-state index in [1.807, 2.05) is 13.0 Å². The lowest BCUT2D eigenvalue weighted by molar-refractivity contribution is -0.150. The van der Waals surface area contributed by atoms with E-state index in [4.69, 9.17) is 10.00 Å². The molecular weight excluding hydrogens is 290 g/mol. The first-order valence-corrected chi connectivity index (χ1v) is 9.21. The Hall–Kier alpha value is -1.37. The van der Waals surface area contributed by atoms with Crippen LogP contribution in [-0.2, 0) is 14.3 Å². The maximum Gasteiger partial charge on any atom is 0.309 e. The average molecular weight is 319 g/mol. The van der Waals surface area contributed by atoms with Crippen LogP contribution in [0.15, 0.2) is 0 Å². The van der Waals surface area contributed by atoms with Gasteiger partial charge in [-0.15, -0.1) is 0 Å². The molecule has 0 radical (unpaired) electrons. The zero-order valence-corrected chi connectivity index (χ0v) is 14.3. The summed E-state index contributed by atoms with van der Waals surface area (Å²) in [6, 6.07) is 1.92. The highest BCUT2D eigenvalue weighted by Crippen LogP contribution is 2.47. The molecule has 2 aliphatic carbocycles. The molecule has 0 amide bonds. The van der Waals surface area contributed by atoms with Crippen LogP contribution in [0.3, 0.4) is 0 Å². The van der Waals surface area contributed by atoms with Crippen LogP contribution >= 0.6 is 0 Å². The van der Waals surface area contributed by atoms with Gasteiger partial charge in [-0.3, -0.25) is 9.59 Å². The van der Waals surface area contributed by atoms with Gasteiger partial charge in [0.05, 0.1) is 25.0 Å². The van der Waals surface area contributed by atoms with Gasteiger partial charge >= 0.3 is 5.97 Å². The van der Waals surface area contributed by atoms with Gasteiger partial charge in [0.1, 0.15) is 5.78 Å². The largest absolute Gasteiger partial charge is 0.466 e. The minimum atomic E-state index is -0.0334. The van der Waals surface area contributed by atoms with E-state index in [9.17, 15) is 9.59 Å². The van der Waals surface area contributed by atoms with E-state index >= 15 is 0 Å². The highest BCUT2D eigenvalue weighted by Gasteiger charge is 2.43. The van der Waals surface area contributed by atoms with Crippen LogP contribution in [-0.4, -0.2) is 18.4 Å². The molecule has 0 aromatic carbocycles. The monoisotopic (exact) mass is 319 g/mol. The summed E-state index contributed by atoms with van der Waals surface area (Å²) in [6.45, 7) is 2.30. The van der Waals surface area contributed by atoms with Gasteiger partial charge in [-0.05, 0) is 43.9 Å². The second-order valence-electron chi connectivity index (χ2n) is 7.17. The Bertz CT molecular complexity index is 448. The van der Waals surface area contributed by atoms with Crippen molar-refractivity contribution >= 4 is 11.8 Å². The summed E-state index contributed by atoms with van der Waals surface area (Å²) in [5.41, 5.74) is 0. The van der Waals surface area contributed by atoms with Gasteiger partial charge in [0, 0.05) is 6.42 Å². The van der Waals surface area contributed by atoms with Crippen LogP contribution in [0.1, 0.15) is 71.1 Å². The van der Waals surface area contributed by atoms with Crippen LogP contribution < -0.4 is 0 Å². The van der Waals surface area contributed by atoms with Crippen molar-refractivity contribution in [3.05, 3.63) is 0 Å². The summed E-state index contributed by atoms with van der Waals surface area (Å²) in [5, 5.41) is 8.58. The lowest BCUT2D eigenvalue weighted by atomic mass is 9.75. The van der Waals surface area contributed by atoms with E-state index in [2.05, 4.69) is 0 Å². The van der Waals surface area contributed by atoms with Gasteiger partial charge in [0.25, 0.3) is 0 Å². The molecule has 128 valence electrons. The molecule has 0 saturated heterocycles. The summed E-state index contributed by atoms with van der Waals surface area (Å²) in [5.74, 6) is 1.53. The summed E-state index contributed by atoms with van der Waals surface area (Å²) in [7, 11) is 0. The number of hydrogen-bond acceptors (Lipinski definition) is 4. The molecule has 0 bridgehead atoms. The number of ketones is 1. The van der Waals surface area contributed by atoms with Crippen molar-refractivity contribution < 1.29 is 14.3 Å². The Morgan fingerprint density at radius 1 is 1.17 bits per heavy atom. The van der Waals surface area contributed by atoms with Crippen molar-refractivity contribution in [1.82, 2.24) is 0 Å². The molecular formula is C19H29NO3. The highest BCUT2D eigenvalue weighted by molar-refractivity contribution is 5.80. The lowest BCUT2D eigenvalue weighted by Gasteiger charge is -2.30. The van der Waals surface area contributed by atoms with Crippen molar-refractivity contribution in [2.45, 2.75) is 71.1 Å². The van der Waals surface area contributed by atoms with E-state index in [0.29, 0.717) is 30.8 Å². The Morgan fingerprint density at radius 3 is 2.57 bits per heavy atom. The molecule has 2 fully saturated rings. The number of ether oxygens (including phenoxy) is 1. The Balaban J connectivity index is 1.95. The quantitative estimate of drug-likeness (QED) is 0.664. The molecule has 4 heteroatoms. The molecule has 0 heterocycles. The maximum atomic E-state index is 12.4. The molecule has 0 N–H and O–H groups in total. The minimum Gasteiger partial charge on any atom is -0.466 e. The number of nitrogens with zero attached hydrogens (tertiary/aromatic N) is 1. The SMILES string of the molecule is CCOC(=O)[C@@H]1CC(CCC(=O)CC#N)C[C@H]1C1CCCCC1. The van der Waals surface area contributed by atoms with Gasteiger partial charge in [0.15, 0.2) is 0 Å². The fraction of sp³-hybridized carbons (Fsp3) is 0.842. The van der Waals surface area contributed by atoms with Crippen LogP contribution in [0.25, 0.3) is 0 Å². The number of carbonyl (C=O) groups excluding carboxylic acids is 2. The normalized spacial score (nSPS) is 28.3. The predicted octanol–water partition coefficient (Wildman–Crippen LogP) is 4.04. The first kappa shape index (κ1) is 18.0. The summed E-state index contributed by atoms with van der Waals surface area (Å²) in [6.07, 6.45) is 9.57.